The van der Waals surface area contributed by atoms with Crippen molar-refractivity contribution in [1.29, 1.82) is 0 Å². The third kappa shape index (κ3) is 3.70. The standard InChI is InChI=1S/C20H25N3S/c1-15-8-9-17(3)19(14-15)22-10-12-23(13-11-22)20(24)21-18-7-5-4-6-16(18)2/h4-9,14H,10-13H2,1-3H3,(H,21,24). The molecule has 0 unspecified atom stereocenters. The van der Waals surface area contributed by atoms with Crippen molar-refractivity contribution in [2.45, 2.75) is 20.8 Å². The van der Waals surface area contributed by atoms with E-state index in [1.54, 1.807) is 0 Å². The average molecular weight is 340 g/mol. The SMILES string of the molecule is Cc1ccc(C)c(N2CCN(C(=S)Nc3ccccc3C)CC2)c1. The summed E-state index contributed by atoms with van der Waals surface area (Å²) >= 11 is 5.61. The summed E-state index contributed by atoms with van der Waals surface area (Å²) in [6.07, 6.45) is 0. The molecule has 1 saturated heterocycles. The largest absolute Gasteiger partial charge is 0.368 e. The van der Waals surface area contributed by atoms with Gasteiger partial charge in [-0.1, -0.05) is 30.3 Å². The highest BCUT2D eigenvalue weighted by Gasteiger charge is 2.20. The number of rotatable bonds is 2. The van der Waals surface area contributed by atoms with Gasteiger partial charge in [0.1, 0.15) is 0 Å². The number of hydrogen-bond donors (Lipinski definition) is 1. The minimum Gasteiger partial charge on any atom is -0.368 e. The lowest BCUT2D eigenvalue weighted by molar-refractivity contribution is 0.390. The Labute approximate surface area is 150 Å². The maximum atomic E-state index is 5.61. The summed E-state index contributed by atoms with van der Waals surface area (Å²) in [5.41, 5.74) is 6.32. The van der Waals surface area contributed by atoms with Gasteiger partial charge >= 0.3 is 0 Å². The Balaban J connectivity index is 1.61. The molecule has 0 bridgehead atoms. The molecular formula is C20H25N3S. The minimum absolute atomic E-state index is 0.824. The van der Waals surface area contributed by atoms with Crippen molar-refractivity contribution in [3.05, 3.63) is 59.2 Å². The van der Waals surface area contributed by atoms with Gasteiger partial charge < -0.3 is 15.1 Å². The molecule has 1 aliphatic rings. The van der Waals surface area contributed by atoms with E-state index in [1.165, 1.54) is 22.4 Å². The lowest BCUT2D eigenvalue weighted by Gasteiger charge is -2.38. The van der Waals surface area contributed by atoms with Crippen LogP contribution < -0.4 is 10.2 Å². The monoisotopic (exact) mass is 339 g/mol. The van der Waals surface area contributed by atoms with Crippen LogP contribution >= 0.6 is 12.2 Å². The number of hydrogen-bond acceptors (Lipinski definition) is 2. The predicted molar refractivity (Wildman–Crippen MR) is 107 cm³/mol. The number of anilines is 2. The number of nitrogens with one attached hydrogen (secondary N) is 1. The van der Waals surface area contributed by atoms with Crippen LogP contribution in [0, 0.1) is 20.8 Å². The van der Waals surface area contributed by atoms with Gasteiger partial charge in [0.05, 0.1) is 0 Å². The predicted octanol–water partition coefficient (Wildman–Crippen LogP) is 4.13. The first kappa shape index (κ1) is 16.8. The molecule has 0 radical (unpaired) electrons. The Hall–Kier alpha value is -2.07. The fourth-order valence-electron chi connectivity index (χ4n) is 3.12. The maximum absolute atomic E-state index is 5.61. The number of nitrogens with zero attached hydrogens (tertiary/aromatic N) is 2. The summed E-state index contributed by atoms with van der Waals surface area (Å²) in [4.78, 5) is 4.73. The third-order valence-corrected chi connectivity index (χ3v) is 5.02. The van der Waals surface area contributed by atoms with Crippen molar-refractivity contribution in [3.63, 3.8) is 0 Å². The van der Waals surface area contributed by atoms with E-state index >= 15 is 0 Å². The molecule has 0 spiro atoms. The van der Waals surface area contributed by atoms with Gasteiger partial charge in [-0.15, -0.1) is 0 Å². The van der Waals surface area contributed by atoms with Crippen molar-refractivity contribution in [2.75, 3.05) is 36.4 Å². The normalized spacial score (nSPS) is 14.6. The Morgan fingerprint density at radius 2 is 1.62 bits per heavy atom. The summed E-state index contributed by atoms with van der Waals surface area (Å²) in [6, 6.07) is 14.9. The number of benzene rings is 2. The second kappa shape index (κ2) is 7.22. The summed E-state index contributed by atoms with van der Waals surface area (Å²) in [7, 11) is 0. The van der Waals surface area contributed by atoms with Gasteiger partial charge in [0.25, 0.3) is 0 Å². The molecule has 4 heteroatoms. The van der Waals surface area contributed by atoms with Crippen LogP contribution in [0.15, 0.2) is 42.5 Å². The molecule has 2 aromatic carbocycles. The topological polar surface area (TPSA) is 18.5 Å². The second-order valence-electron chi connectivity index (χ2n) is 6.51. The van der Waals surface area contributed by atoms with E-state index < -0.39 is 0 Å². The molecule has 0 aliphatic carbocycles. The fraction of sp³-hybridized carbons (Fsp3) is 0.350. The van der Waals surface area contributed by atoms with Crippen LogP contribution in [0.1, 0.15) is 16.7 Å². The summed E-state index contributed by atoms with van der Waals surface area (Å²) in [5.74, 6) is 0. The molecule has 126 valence electrons. The molecule has 2 aromatic rings. The molecule has 3 rings (SSSR count). The van der Waals surface area contributed by atoms with Gasteiger partial charge in [-0.25, -0.2) is 0 Å². The number of piperazine rings is 1. The molecule has 0 atom stereocenters. The quantitative estimate of drug-likeness (QED) is 0.829. The summed E-state index contributed by atoms with van der Waals surface area (Å²) in [6.45, 7) is 10.3. The van der Waals surface area contributed by atoms with Gasteiger partial charge in [-0.2, -0.15) is 0 Å². The molecule has 0 amide bonds. The highest BCUT2D eigenvalue weighted by molar-refractivity contribution is 7.80. The zero-order valence-electron chi connectivity index (χ0n) is 14.7. The molecule has 0 aromatic heterocycles. The fourth-order valence-corrected chi connectivity index (χ4v) is 3.41. The van der Waals surface area contributed by atoms with Crippen LogP contribution in [-0.2, 0) is 0 Å². The van der Waals surface area contributed by atoms with Crippen LogP contribution in [0.2, 0.25) is 0 Å². The molecule has 1 aliphatic heterocycles. The highest BCUT2D eigenvalue weighted by atomic mass is 32.1. The van der Waals surface area contributed by atoms with E-state index in [0.717, 1.165) is 37.0 Å². The van der Waals surface area contributed by atoms with E-state index in [2.05, 4.69) is 66.2 Å². The molecular weight excluding hydrogens is 314 g/mol. The van der Waals surface area contributed by atoms with E-state index in [-0.39, 0.29) is 0 Å². The van der Waals surface area contributed by atoms with Gasteiger partial charge in [0.2, 0.25) is 0 Å². The smallest absolute Gasteiger partial charge is 0.173 e. The molecule has 0 saturated carbocycles. The Kier molecular flexibility index (Phi) is 5.05. The summed E-state index contributed by atoms with van der Waals surface area (Å²) in [5, 5.41) is 4.22. The second-order valence-corrected chi connectivity index (χ2v) is 6.90. The zero-order valence-corrected chi connectivity index (χ0v) is 15.5. The van der Waals surface area contributed by atoms with E-state index in [1.807, 2.05) is 12.1 Å². The molecule has 1 heterocycles. The van der Waals surface area contributed by atoms with E-state index in [4.69, 9.17) is 12.2 Å². The number of thiocarbonyl (C=S) groups is 1. The molecule has 3 nitrogen and oxygen atoms in total. The van der Waals surface area contributed by atoms with Crippen LogP contribution in [0.5, 0.6) is 0 Å². The molecule has 1 fully saturated rings. The lowest BCUT2D eigenvalue weighted by Crippen LogP contribution is -2.50. The number of aryl methyl sites for hydroxylation is 3. The maximum Gasteiger partial charge on any atom is 0.173 e. The Bertz CT molecular complexity index is 733. The zero-order chi connectivity index (χ0) is 17.1. The van der Waals surface area contributed by atoms with Crippen LogP contribution in [0.3, 0.4) is 0 Å². The van der Waals surface area contributed by atoms with Crippen LogP contribution in [0.25, 0.3) is 0 Å². The van der Waals surface area contributed by atoms with Crippen molar-refractivity contribution in [2.24, 2.45) is 0 Å². The highest BCUT2D eigenvalue weighted by Crippen LogP contribution is 2.23. The van der Waals surface area contributed by atoms with Gasteiger partial charge in [0, 0.05) is 37.6 Å². The van der Waals surface area contributed by atoms with Crippen LogP contribution in [0.4, 0.5) is 11.4 Å². The van der Waals surface area contributed by atoms with Crippen molar-refractivity contribution >= 4 is 28.7 Å². The minimum atomic E-state index is 0.824. The third-order valence-electron chi connectivity index (χ3n) is 4.66. The van der Waals surface area contributed by atoms with Gasteiger partial charge in [0.15, 0.2) is 5.11 Å². The average Bonchev–Trinajstić information content (AvgIpc) is 2.59. The van der Waals surface area contributed by atoms with Crippen molar-refractivity contribution < 1.29 is 0 Å². The van der Waals surface area contributed by atoms with Crippen molar-refractivity contribution in [1.82, 2.24) is 4.90 Å². The molecule has 24 heavy (non-hydrogen) atoms. The van der Waals surface area contributed by atoms with Gasteiger partial charge in [-0.05, 0) is 61.8 Å². The Morgan fingerprint density at radius 3 is 2.33 bits per heavy atom. The first-order valence-electron chi connectivity index (χ1n) is 8.48. The first-order valence-corrected chi connectivity index (χ1v) is 8.89. The van der Waals surface area contributed by atoms with Gasteiger partial charge in [-0.3, -0.25) is 0 Å². The summed E-state index contributed by atoms with van der Waals surface area (Å²) < 4.78 is 0. The van der Waals surface area contributed by atoms with E-state index in [9.17, 15) is 0 Å². The number of para-hydroxylation sites is 1. The Morgan fingerprint density at radius 1 is 0.917 bits per heavy atom. The first-order chi connectivity index (χ1) is 11.5. The van der Waals surface area contributed by atoms with E-state index in [0.29, 0.717) is 0 Å². The van der Waals surface area contributed by atoms with Crippen LogP contribution in [-0.4, -0.2) is 36.2 Å². The lowest BCUT2D eigenvalue weighted by atomic mass is 10.1. The van der Waals surface area contributed by atoms with Crippen molar-refractivity contribution in [3.8, 4) is 0 Å². The molecule has 1 N–H and O–H groups in total.